The standard InChI is InChI=1S/C18H22F3N3O/c1-12(2)24-15(6-7-22-24)10-23-11-16(25)9-17(23)13-4-3-5-14(8-13)18(19,20)21/h3-8,12,16-17,25H,9-11H2,1-2H3/t16-,17+/m0/s1. The summed E-state index contributed by atoms with van der Waals surface area (Å²) in [7, 11) is 0. The fraction of sp³-hybridized carbons (Fsp3) is 0.500. The first-order valence-electron chi connectivity index (χ1n) is 8.37. The van der Waals surface area contributed by atoms with Crippen LogP contribution in [0.5, 0.6) is 0 Å². The Kier molecular flexibility index (Phi) is 4.88. The van der Waals surface area contributed by atoms with Crippen LogP contribution < -0.4 is 0 Å². The van der Waals surface area contributed by atoms with Crippen molar-refractivity contribution in [3.8, 4) is 0 Å². The summed E-state index contributed by atoms with van der Waals surface area (Å²) in [5.41, 5.74) is 0.918. The van der Waals surface area contributed by atoms with Crippen LogP contribution in [0.15, 0.2) is 36.5 Å². The third kappa shape index (κ3) is 3.88. The van der Waals surface area contributed by atoms with Gasteiger partial charge in [0.25, 0.3) is 0 Å². The highest BCUT2D eigenvalue weighted by Gasteiger charge is 2.35. The molecule has 2 heterocycles. The molecule has 1 fully saturated rings. The van der Waals surface area contributed by atoms with Gasteiger partial charge in [0.1, 0.15) is 0 Å². The van der Waals surface area contributed by atoms with Crippen molar-refractivity contribution in [3.63, 3.8) is 0 Å². The van der Waals surface area contributed by atoms with E-state index in [0.29, 0.717) is 25.1 Å². The van der Waals surface area contributed by atoms with E-state index in [1.165, 1.54) is 12.1 Å². The van der Waals surface area contributed by atoms with E-state index in [0.717, 1.165) is 11.8 Å². The maximum atomic E-state index is 13.0. The van der Waals surface area contributed by atoms with Gasteiger partial charge in [-0.15, -0.1) is 0 Å². The molecular formula is C18H22F3N3O. The Morgan fingerprint density at radius 2 is 2.04 bits per heavy atom. The molecule has 0 spiro atoms. The van der Waals surface area contributed by atoms with Crippen LogP contribution >= 0.6 is 0 Å². The number of aliphatic hydroxyl groups is 1. The second-order valence-corrected chi connectivity index (χ2v) is 6.82. The lowest BCUT2D eigenvalue weighted by molar-refractivity contribution is -0.137. The molecule has 136 valence electrons. The fourth-order valence-electron chi connectivity index (χ4n) is 3.46. The maximum Gasteiger partial charge on any atom is 0.416 e. The van der Waals surface area contributed by atoms with Crippen LogP contribution in [0.3, 0.4) is 0 Å². The SMILES string of the molecule is CC(C)n1nccc1CN1C[C@@H](O)C[C@@H]1c1cccc(C(F)(F)F)c1. The van der Waals surface area contributed by atoms with E-state index < -0.39 is 17.8 Å². The number of benzene rings is 1. The highest BCUT2D eigenvalue weighted by atomic mass is 19.4. The largest absolute Gasteiger partial charge is 0.416 e. The van der Waals surface area contributed by atoms with E-state index in [2.05, 4.69) is 5.10 Å². The molecule has 1 aliphatic rings. The topological polar surface area (TPSA) is 41.3 Å². The van der Waals surface area contributed by atoms with Gasteiger partial charge in [0.05, 0.1) is 17.4 Å². The molecule has 1 aliphatic heterocycles. The minimum absolute atomic E-state index is 0.199. The fourth-order valence-corrected chi connectivity index (χ4v) is 3.46. The lowest BCUT2D eigenvalue weighted by atomic mass is 10.0. The molecule has 0 radical (unpaired) electrons. The Balaban J connectivity index is 1.86. The van der Waals surface area contributed by atoms with Crippen molar-refractivity contribution in [1.82, 2.24) is 14.7 Å². The Labute approximate surface area is 144 Å². The lowest BCUT2D eigenvalue weighted by Gasteiger charge is -2.26. The van der Waals surface area contributed by atoms with E-state index in [1.54, 1.807) is 12.3 Å². The van der Waals surface area contributed by atoms with Crippen LogP contribution in [0.25, 0.3) is 0 Å². The predicted octanol–water partition coefficient (Wildman–Crippen LogP) is 3.79. The first-order chi connectivity index (χ1) is 11.8. The van der Waals surface area contributed by atoms with Crippen LogP contribution in [-0.2, 0) is 12.7 Å². The van der Waals surface area contributed by atoms with E-state index in [4.69, 9.17) is 0 Å². The average Bonchev–Trinajstić information content (AvgIpc) is 3.13. The summed E-state index contributed by atoms with van der Waals surface area (Å²) in [6, 6.07) is 7.26. The number of alkyl halides is 3. The number of halogens is 3. The van der Waals surface area contributed by atoms with E-state index in [1.807, 2.05) is 29.5 Å². The van der Waals surface area contributed by atoms with Crippen LogP contribution in [-0.4, -0.2) is 32.4 Å². The number of hydrogen-bond donors (Lipinski definition) is 1. The number of aromatic nitrogens is 2. The highest BCUT2D eigenvalue weighted by molar-refractivity contribution is 5.29. The normalized spacial score (nSPS) is 22.0. The van der Waals surface area contributed by atoms with Gasteiger partial charge in [-0.25, -0.2) is 0 Å². The minimum atomic E-state index is -4.37. The third-order valence-electron chi connectivity index (χ3n) is 4.59. The van der Waals surface area contributed by atoms with Crippen molar-refractivity contribution in [3.05, 3.63) is 53.3 Å². The zero-order chi connectivity index (χ0) is 18.2. The molecule has 0 bridgehead atoms. The van der Waals surface area contributed by atoms with Crippen molar-refractivity contribution in [2.45, 2.75) is 51.2 Å². The molecule has 0 aliphatic carbocycles. The highest BCUT2D eigenvalue weighted by Crippen LogP contribution is 2.37. The van der Waals surface area contributed by atoms with Gasteiger partial charge in [-0.3, -0.25) is 9.58 Å². The second kappa shape index (κ2) is 6.80. The Bertz CT molecular complexity index is 726. The van der Waals surface area contributed by atoms with Crippen molar-refractivity contribution in [1.29, 1.82) is 0 Å². The van der Waals surface area contributed by atoms with Gasteiger partial charge in [0, 0.05) is 31.4 Å². The summed E-state index contributed by atoms with van der Waals surface area (Å²) in [6.07, 6.45) is -2.76. The number of β-amino-alcohol motifs (C(OH)–C–C–N with tert-alkyl or cyclic N) is 1. The summed E-state index contributed by atoms with van der Waals surface area (Å²) in [4.78, 5) is 2.02. The molecule has 1 aromatic carbocycles. The molecule has 2 atom stereocenters. The number of nitrogens with zero attached hydrogens (tertiary/aromatic N) is 3. The maximum absolute atomic E-state index is 13.0. The molecule has 1 saturated heterocycles. The second-order valence-electron chi connectivity index (χ2n) is 6.82. The van der Waals surface area contributed by atoms with Crippen molar-refractivity contribution < 1.29 is 18.3 Å². The van der Waals surface area contributed by atoms with Gasteiger partial charge in [-0.05, 0) is 44.0 Å². The van der Waals surface area contributed by atoms with Crippen LogP contribution in [0.4, 0.5) is 13.2 Å². The Morgan fingerprint density at radius 3 is 2.72 bits per heavy atom. The number of hydrogen-bond acceptors (Lipinski definition) is 3. The van der Waals surface area contributed by atoms with E-state index in [-0.39, 0.29) is 12.1 Å². The monoisotopic (exact) mass is 353 g/mol. The molecule has 0 unspecified atom stereocenters. The van der Waals surface area contributed by atoms with Crippen molar-refractivity contribution >= 4 is 0 Å². The van der Waals surface area contributed by atoms with Crippen LogP contribution in [0, 0.1) is 0 Å². The Hall–Kier alpha value is -1.86. The van der Waals surface area contributed by atoms with E-state index >= 15 is 0 Å². The number of likely N-dealkylation sites (tertiary alicyclic amines) is 1. The van der Waals surface area contributed by atoms with Crippen molar-refractivity contribution in [2.24, 2.45) is 0 Å². The number of aliphatic hydroxyl groups excluding tert-OH is 1. The molecule has 7 heteroatoms. The molecule has 3 rings (SSSR count). The number of rotatable bonds is 4. The van der Waals surface area contributed by atoms with Crippen molar-refractivity contribution in [2.75, 3.05) is 6.54 Å². The molecular weight excluding hydrogens is 331 g/mol. The van der Waals surface area contributed by atoms with Crippen LogP contribution in [0.2, 0.25) is 0 Å². The lowest BCUT2D eigenvalue weighted by Crippen LogP contribution is -2.26. The minimum Gasteiger partial charge on any atom is -0.392 e. The van der Waals surface area contributed by atoms with Gasteiger partial charge in [-0.1, -0.05) is 12.1 Å². The smallest absolute Gasteiger partial charge is 0.392 e. The van der Waals surface area contributed by atoms with E-state index in [9.17, 15) is 18.3 Å². The summed E-state index contributed by atoms with van der Waals surface area (Å²) >= 11 is 0. The Morgan fingerprint density at radius 1 is 1.28 bits per heavy atom. The molecule has 4 nitrogen and oxygen atoms in total. The first kappa shape index (κ1) is 17.9. The summed E-state index contributed by atoms with van der Waals surface area (Å²) in [6.45, 7) is 5.03. The molecule has 0 saturated carbocycles. The zero-order valence-corrected chi connectivity index (χ0v) is 14.2. The quantitative estimate of drug-likeness (QED) is 0.909. The third-order valence-corrected chi connectivity index (χ3v) is 4.59. The van der Waals surface area contributed by atoms with Gasteiger partial charge in [0.15, 0.2) is 0 Å². The summed E-state index contributed by atoms with van der Waals surface area (Å²) < 4.78 is 40.9. The predicted molar refractivity (Wildman–Crippen MR) is 87.8 cm³/mol. The van der Waals surface area contributed by atoms with Gasteiger partial charge in [0.2, 0.25) is 0 Å². The van der Waals surface area contributed by atoms with Crippen LogP contribution in [0.1, 0.15) is 49.2 Å². The molecule has 0 amide bonds. The van der Waals surface area contributed by atoms with Gasteiger partial charge in [-0.2, -0.15) is 18.3 Å². The first-order valence-corrected chi connectivity index (χ1v) is 8.37. The van der Waals surface area contributed by atoms with Gasteiger partial charge < -0.3 is 5.11 Å². The molecule has 2 aromatic rings. The summed E-state index contributed by atoms with van der Waals surface area (Å²) in [5.74, 6) is 0. The summed E-state index contributed by atoms with van der Waals surface area (Å²) in [5, 5.41) is 14.4. The average molecular weight is 353 g/mol. The molecule has 1 N–H and O–H groups in total. The molecule has 25 heavy (non-hydrogen) atoms. The molecule has 1 aromatic heterocycles. The van der Waals surface area contributed by atoms with Gasteiger partial charge >= 0.3 is 6.18 Å². The zero-order valence-electron chi connectivity index (χ0n) is 14.2.